The van der Waals surface area contributed by atoms with Crippen LogP contribution in [0, 0.1) is 0 Å². The van der Waals surface area contributed by atoms with Gasteiger partial charge in [0.2, 0.25) is 0 Å². The molecule has 0 radical (unpaired) electrons. The first-order valence-corrected chi connectivity index (χ1v) is 8.80. The normalized spacial score (nSPS) is 12.2. The molecule has 0 amide bonds. The topological polar surface area (TPSA) is 95.9 Å². The second-order valence-corrected chi connectivity index (χ2v) is 6.10. The molecule has 3 rings (SSSR count). The summed E-state index contributed by atoms with van der Waals surface area (Å²) in [5.74, 6) is -0.354. The molecule has 7 nitrogen and oxygen atoms in total. The Bertz CT molecular complexity index is 863. The van der Waals surface area contributed by atoms with Gasteiger partial charge in [-0.05, 0) is 31.7 Å². The molecule has 0 saturated heterocycles. The molecule has 0 fully saturated rings. The number of aromatic nitrogens is 4. The fraction of sp³-hybridized carbons (Fsp3) is 0.368. The summed E-state index contributed by atoms with van der Waals surface area (Å²) in [4.78, 5) is 24.8. The lowest BCUT2D eigenvalue weighted by atomic mass is 10.1. The summed E-state index contributed by atoms with van der Waals surface area (Å²) in [6, 6.07) is 9.58. The molecule has 0 aliphatic carbocycles. The Kier molecular flexibility index (Phi) is 5.91. The third kappa shape index (κ3) is 4.23. The summed E-state index contributed by atoms with van der Waals surface area (Å²) >= 11 is 0. The van der Waals surface area contributed by atoms with E-state index in [1.165, 1.54) is 5.56 Å². The quantitative estimate of drug-likeness (QED) is 0.623. The summed E-state index contributed by atoms with van der Waals surface area (Å²) in [5, 5.41) is 0. The van der Waals surface area contributed by atoms with Crippen molar-refractivity contribution in [2.24, 2.45) is 5.73 Å². The first-order chi connectivity index (χ1) is 12.7. The number of rotatable bonds is 8. The van der Waals surface area contributed by atoms with Crippen LogP contribution in [-0.4, -0.2) is 38.1 Å². The van der Waals surface area contributed by atoms with Gasteiger partial charge in [0.15, 0.2) is 5.65 Å². The molecule has 0 aliphatic rings. The Hall–Kier alpha value is -2.80. The minimum atomic E-state index is -0.595. The van der Waals surface area contributed by atoms with Crippen LogP contribution in [0.2, 0.25) is 0 Å². The maximum Gasteiger partial charge on any atom is 0.322 e. The van der Waals surface area contributed by atoms with Crippen molar-refractivity contribution in [3.05, 3.63) is 54.2 Å². The molecule has 2 aromatic heterocycles. The lowest BCUT2D eigenvalue weighted by molar-refractivity contribution is -0.144. The van der Waals surface area contributed by atoms with Gasteiger partial charge in [0, 0.05) is 0 Å². The van der Waals surface area contributed by atoms with E-state index in [9.17, 15) is 4.79 Å². The maximum atomic E-state index is 11.6. The van der Waals surface area contributed by atoms with E-state index < -0.39 is 6.04 Å². The Balaban J connectivity index is 1.67. The first-order valence-electron chi connectivity index (χ1n) is 8.80. The number of nitrogens with two attached hydrogens (primary N) is 1. The van der Waals surface area contributed by atoms with E-state index in [1.807, 2.05) is 22.8 Å². The van der Waals surface area contributed by atoms with Crippen molar-refractivity contribution in [1.29, 1.82) is 0 Å². The molecule has 1 atom stereocenters. The predicted molar refractivity (Wildman–Crippen MR) is 98.4 cm³/mol. The number of hydrogen-bond acceptors (Lipinski definition) is 6. The van der Waals surface area contributed by atoms with Crippen LogP contribution < -0.4 is 5.73 Å². The zero-order valence-corrected chi connectivity index (χ0v) is 14.8. The van der Waals surface area contributed by atoms with Crippen LogP contribution >= 0.6 is 0 Å². The lowest BCUT2D eigenvalue weighted by Crippen LogP contribution is -2.32. The number of nitrogens with zero attached hydrogens (tertiary/aromatic N) is 4. The number of carbonyl (C=O) groups is 1. The standard InChI is InChI=1S/C19H23N5O2/c1-2-26-19(25)15(20)9-6-10-16-17-18(22-12-21-16)24(13-23-17)11-14-7-4-3-5-8-14/h3-5,7-8,12-13,15H,2,6,9-11,20H2,1H3. The number of benzene rings is 1. The van der Waals surface area contributed by atoms with E-state index >= 15 is 0 Å². The minimum absolute atomic E-state index is 0.345. The highest BCUT2D eigenvalue weighted by atomic mass is 16.5. The first kappa shape index (κ1) is 18.0. The number of ether oxygens (including phenoxy) is 1. The van der Waals surface area contributed by atoms with Crippen molar-refractivity contribution in [2.45, 2.75) is 38.8 Å². The van der Waals surface area contributed by atoms with Crippen molar-refractivity contribution in [3.63, 3.8) is 0 Å². The molecule has 1 unspecified atom stereocenters. The Morgan fingerprint density at radius 2 is 2.04 bits per heavy atom. The van der Waals surface area contributed by atoms with E-state index in [0.717, 1.165) is 23.3 Å². The van der Waals surface area contributed by atoms with Crippen LogP contribution in [0.5, 0.6) is 0 Å². The fourth-order valence-corrected chi connectivity index (χ4v) is 2.86. The molecule has 2 heterocycles. The van der Waals surface area contributed by atoms with Crippen LogP contribution in [0.3, 0.4) is 0 Å². The van der Waals surface area contributed by atoms with Gasteiger partial charge in [-0.15, -0.1) is 0 Å². The highest BCUT2D eigenvalue weighted by Gasteiger charge is 2.15. The van der Waals surface area contributed by atoms with E-state index in [2.05, 4.69) is 27.1 Å². The van der Waals surface area contributed by atoms with Crippen LogP contribution in [0.1, 0.15) is 31.0 Å². The van der Waals surface area contributed by atoms with Crippen LogP contribution in [0.25, 0.3) is 11.2 Å². The second kappa shape index (κ2) is 8.53. The van der Waals surface area contributed by atoms with Gasteiger partial charge < -0.3 is 15.0 Å². The van der Waals surface area contributed by atoms with Gasteiger partial charge in [0.1, 0.15) is 17.9 Å². The van der Waals surface area contributed by atoms with Gasteiger partial charge in [-0.25, -0.2) is 15.0 Å². The third-order valence-corrected chi connectivity index (χ3v) is 4.19. The molecule has 136 valence electrons. The van der Waals surface area contributed by atoms with Crippen molar-refractivity contribution >= 4 is 17.1 Å². The molecule has 0 saturated carbocycles. The van der Waals surface area contributed by atoms with Gasteiger partial charge in [0.05, 0.1) is 25.2 Å². The molecule has 2 N–H and O–H groups in total. The molecule has 0 bridgehead atoms. The van der Waals surface area contributed by atoms with Gasteiger partial charge in [0.25, 0.3) is 0 Å². The number of imidazole rings is 1. The van der Waals surface area contributed by atoms with E-state index in [1.54, 1.807) is 19.6 Å². The van der Waals surface area contributed by atoms with Crippen molar-refractivity contribution in [1.82, 2.24) is 19.5 Å². The van der Waals surface area contributed by atoms with Crippen LogP contribution in [-0.2, 0) is 22.5 Å². The number of hydrogen-bond donors (Lipinski definition) is 1. The second-order valence-electron chi connectivity index (χ2n) is 6.10. The predicted octanol–water partition coefficient (Wildman–Crippen LogP) is 2.09. The maximum absolute atomic E-state index is 11.6. The van der Waals surface area contributed by atoms with Crippen molar-refractivity contribution in [3.8, 4) is 0 Å². The molecule has 7 heteroatoms. The Morgan fingerprint density at radius 1 is 1.23 bits per heavy atom. The molecule has 3 aromatic rings. The third-order valence-electron chi connectivity index (χ3n) is 4.19. The summed E-state index contributed by atoms with van der Waals surface area (Å²) in [5.41, 5.74) is 9.52. The summed E-state index contributed by atoms with van der Waals surface area (Å²) in [7, 11) is 0. The molecule has 1 aromatic carbocycles. The lowest BCUT2D eigenvalue weighted by Gasteiger charge is -2.10. The van der Waals surface area contributed by atoms with Crippen molar-refractivity contribution in [2.75, 3.05) is 6.61 Å². The summed E-state index contributed by atoms with van der Waals surface area (Å²) in [6.45, 7) is 2.83. The average Bonchev–Trinajstić information content (AvgIpc) is 3.06. The Morgan fingerprint density at radius 3 is 2.81 bits per heavy atom. The summed E-state index contributed by atoms with van der Waals surface area (Å²) in [6.07, 6.45) is 5.33. The molecular weight excluding hydrogens is 330 g/mol. The monoisotopic (exact) mass is 353 g/mol. The minimum Gasteiger partial charge on any atom is -0.465 e. The zero-order chi connectivity index (χ0) is 18.4. The fourth-order valence-electron chi connectivity index (χ4n) is 2.86. The molecule has 0 aliphatic heterocycles. The number of esters is 1. The zero-order valence-electron chi connectivity index (χ0n) is 14.8. The van der Waals surface area contributed by atoms with E-state index in [0.29, 0.717) is 26.0 Å². The Labute approximate surface area is 152 Å². The van der Waals surface area contributed by atoms with Gasteiger partial charge in [-0.1, -0.05) is 30.3 Å². The van der Waals surface area contributed by atoms with E-state index in [-0.39, 0.29) is 5.97 Å². The van der Waals surface area contributed by atoms with Gasteiger partial charge in [-0.2, -0.15) is 0 Å². The largest absolute Gasteiger partial charge is 0.465 e. The van der Waals surface area contributed by atoms with Gasteiger partial charge in [-0.3, -0.25) is 4.79 Å². The SMILES string of the molecule is CCOC(=O)C(N)CCCc1ncnc2c1ncn2Cc1ccccc1. The van der Waals surface area contributed by atoms with E-state index in [4.69, 9.17) is 10.5 Å². The van der Waals surface area contributed by atoms with Crippen molar-refractivity contribution < 1.29 is 9.53 Å². The number of carbonyl (C=O) groups excluding carboxylic acids is 1. The van der Waals surface area contributed by atoms with Gasteiger partial charge >= 0.3 is 5.97 Å². The van der Waals surface area contributed by atoms with Crippen LogP contribution in [0.15, 0.2) is 43.0 Å². The smallest absolute Gasteiger partial charge is 0.322 e. The number of aryl methyl sites for hydroxylation is 1. The number of fused-ring (bicyclic) bond motifs is 1. The highest BCUT2D eigenvalue weighted by Crippen LogP contribution is 2.17. The molecular formula is C19H23N5O2. The summed E-state index contributed by atoms with van der Waals surface area (Å²) < 4.78 is 6.95. The highest BCUT2D eigenvalue weighted by molar-refractivity contribution is 5.75. The molecule has 0 spiro atoms. The average molecular weight is 353 g/mol. The van der Waals surface area contributed by atoms with Crippen LogP contribution in [0.4, 0.5) is 0 Å². The molecule has 26 heavy (non-hydrogen) atoms.